The molecule has 0 atom stereocenters. The lowest BCUT2D eigenvalue weighted by atomic mass is 9.95. The second kappa shape index (κ2) is 14.6. The Balaban J connectivity index is 1.20. The summed E-state index contributed by atoms with van der Waals surface area (Å²) >= 11 is 0. The number of nitrogens with zero attached hydrogens (tertiary/aromatic N) is 1. The Morgan fingerprint density at radius 1 is 0.492 bits per heavy atom. The van der Waals surface area contributed by atoms with E-state index in [4.69, 9.17) is 8.83 Å². The zero-order valence-corrected chi connectivity index (χ0v) is 32.5. The lowest BCUT2D eigenvalue weighted by Gasteiger charge is -2.27. The highest BCUT2D eigenvalue weighted by atomic mass is 16.3. The van der Waals surface area contributed by atoms with E-state index in [-0.39, 0.29) is 0 Å². The third kappa shape index (κ3) is 6.00. The highest BCUT2D eigenvalue weighted by molar-refractivity contribution is 6.17. The van der Waals surface area contributed by atoms with Gasteiger partial charge < -0.3 is 13.7 Å². The molecule has 0 N–H and O–H groups in total. The molecule has 10 rings (SSSR count). The summed E-state index contributed by atoms with van der Waals surface area (Å²) in [6.07, 6.45) is 9.42. The van der Waals surface area contributed by atoms with Crippen LogP contribution in [0.15, 0.2) is 211 Å². The van der Waals surface area contributed by atoms with Crippen LogP contribution in [-0.2, 0) is 0 Å². The van der Waals surface area contributed by atoms with Crippen molar-refractivity contribution in [1.82, 2.24) is 0 Å². The molecule has 2 aromatic heterocycles. The molecular formula is C56H39NO2. The standard InChI is InChI=1S/C56H39NO2/c1-5-14-36(6-2)46-31-32-51(55-49-29-25-42(34-53(49)59-56(46)55)38-15-10-9-11-16-38)57(44-28-30-48-47-17-12-13-18-52(47)58-54(48)35-44)43-26-23-39(24-27-43)41-22-21-40-20-19-37(7-3)45(8-4)50(40)33-41/h5-35H,1-4H2/b36-14+. The van der Waals surface area contributed by atoms with Crippen LogP contribution < -0.4 is 4.90 Å². The van der Waals surface area contributed by atoms with Crippen LogP contribution >= 0.6 is 0 Å². The molecule has 0 aliphatic heterocycles. The van der Waals surface area contributed by atoms with Gasteiger partial charge in [0.1, 0.15) is 22.3 Å². The van der Waals surface area contributed by atoms with E-state index in [1.165, 1.54) is 0 Å². The van der Waals surface area contributed by atoms with Gasteiger partial charge in [-0.3, -0.25) is 0 Å². The van der Waals surface area contributed by atoms with Crippen LogP contribution in [0.3, 0.4) is 0 Å². The minimum absolute atomic E-state index is 0.773. The second-order valence-corrected chi connectivity index (χ2v) is 14.7. The molecule has 0 saturated carbocycles. The quantitative estimate of drug-likeness (QED) is 0.130. The molecule has 0 fully saturated rings. The zero-order valence-electron chi connectivity index (χ0n) is 32.5. The Hall–Kier alpha value is -7.88. The third-order valence-electron chi connectivity index (χ3n) is 11.4. The highest BCUT2D eigenvalue weighted by Gasteiger charge is 2.24. The molecule has 3 heteroatoms. The van der Waals surface area contributed by atoms with Crippen molar-refractivity contribution in [2.75, 3.05) is 4.90 Å². The molecule has 0 aliphatic carbocycles. The van der Waals surface area contributed by atoms with E-state index in [0.717, 1.165) is 116 Å². The van der Waals surface area contributed by atoms with Crippen LogP contribution in [0.2, 0.25) is 0 Å². The van der Waals surface area contributed by atoms with Gasteiger partial charge in [0.25, 0.3) is 0 Å². The summed E-state index contributed by atoms with van der Waals surface area (Å²) in [6.45, 7) is 16.3. The van der Waals surface area contributed by atoms with Gasteiger partial charge in [0.15, 0.2) is 0 Å². The summed E-state index contributed by atoms with van der Waals surface area (Å²) in [4.78, 5) is 2.31. The van der Waals surface area contributed by atoms with E-state index >= 15 is 0 Å². The summed E-state index contributed by atoms with van der Waals surface area (Å²) in [5.41, 5.74) is 14.6. The fraction of sp³-hybridized carbons (Fsp3) is 0. The molecule has 59 heavy (non-hydrogen) atoms. The van der Waals surface area contributed by atoms with E-state index in [1.54, 1.807) is 6.08 Å². The van der Waals surface area contributed by atoms with Crippen molar-refractivity contribution in [3.8, 4) is 22.3 Å². The van der Waals surface area contributed by atoms with Gasteiger partial charge in [-0.05, 0) is 110 Å². The molecular weight excluding hydrogens is 719 g/mol. The number of anilines is 3. The Bertz CT molecular complexity index is 3340. The normalized spacial score (nSPS) is 11.8. The van der Waals surface area contributed by atoms with Crippen molar-refractivity contribution in [1.29, 1.82) is 0 Å². The molecule has 0 saturated heterocycles. The number of rotatable bonds is 10. The summed E-state index contributed by atoms with van der Waals surface area (Å²) < 4.78 is 13.4. The van der Waals surface area contributed by atoms with E-state index in [2.05, 4.69) is 171 Å². The van der Waals surface area contributed by atoms with Crippen LogP contribution in [0.5, 0.6) is 0 Å². The van der Waals surface area contributed by atoms with Crippen molar-refractivity contribution >= 4 is 89.4 Å². The topological polar surface area (TPSA) is 29.5 Å². The molecule has 8 aromatic carbocycles. The maximum Gasteiger partial charge on any atom is 0.145 e. The summed E-state index contributed by atoms with van der Waals surface area (Å²) in [6, 6.07) is 55.5. The van der Waals surface area contributed by atoms with Gasteiger partial charge in [-0.2, -0.15) is 0 Å². The molecule has 0 unspecified atom stereocenters. The van der Waals surface area contributed by atoms with Crippen molar-refractivity contribution in [3.63, 3.8) is 0 Å². The fourth-order valence-electron chi connectivity index (χ4n) is 8.51. The van der Waals surface area contributed by atoms with Crippen LogP contribution in [0.4, 0.5) is 17.1 Å². The second-order valence-electron chi connectivity index (χ2n) is 14.7. The highest BCUT2D eigenvalue weighted by Crippen LogP contribution is 2.47. The number of hydrogen-bond acceptors (Lipinski definition) is 3. The molecule has 0 bridgehead atoms. The first-order valence-corrected chi connectivity index (χ1v) is 19.7. The van der Waals surface area contributed by atoms with E-state index in [0.29, 0.717) is 0 Å². The number of fused-ring (bicyclic) bond motifs is 7. The lowest BCUT2D eigenvalue weighted by Crippen LogP contribution is -2.10. The average Bonchev–Trinajstić information content (AvgIpc) is 3.87. The van der Waals surface area contributed by atoms with E-state index < -0.39 is 0 Å². The number of allylic oxidation sites excluding steroid dienone is 4. The minimum atomic E-state index is 0.773. The SMILES string of the molecule is C=C/C=C(\C=C)c1ccc(N(c2ccc(-c3ccc4ccc(C=C)c(C=C)c4c3)cc2)c2ccc3c(c2)oc2ccccc23)c2c1oc1cc(-c3ccccc3)ccc12. The molecule has 0 spiro atoms. The molecule has 280 valence electrons. The maximum absolute atomic E-state index is 6.91. The summed E-state index contributed by atoms with van der Waals surface area (Å²) in [7, 11) is 0. The van der Waals surface area contributed by atoms with Gasteiger partial charge >= 0.3 is 0 Å². The monoisotopic (exact) mass is 757 g/mol. The maximum atomic E-state index is 6.91. The van der Waals surface area contributed by atoms with Gasteiger partial charge in [-0.25, -0.2) is 0 Å². The van der Waals surface area contributed by atoms with Gasteiger partial charge in [-0.15, -0.1) is 0 Å². The van der Waals surface area contributed by atoms with Crippen LogP contribution in [0, 0.1) is 0 Å². The smallest absolute Gasteiger partial charge is 0.145 e. The van der Waals surface area contributed by atoms with Gasteiger partial charge in [0.05, 0.1) is 11.1 Å². The molecule has 2 heterocycles. The van der Waals surface area contributed by atoms with Crippen LogP contribution in [-0.4, -0.2) is 0 Å². The zero-order chi connectivity index (χ0) is 40.0. The Morgan fingerprint density at radius 3 is 1.97 bits per heavy atom. The summed E-state index contributed by atoms with van der Waals surface area (Å²) in [5.74, 6) is 0. The Kier molecular flexibility index (Phi) is 8.77. The molecule has 0 aliphatic rings. The predicted molar refractivity (Wildman–Crippen MR) is 253 cm³/mol. The first-order valence-electron chi connectivity index (χ1n) is 19.7. The van der Waals surface area contributed by atoms with Crippen molar-refractivity contribution < 1.29 is 8.83 Å². The number of hydrogen-bond donors (Lipinski definition) is 0. The van der Waals surface area contributed by atoms with Gasteiger partial charge in [0.2, 0.25) is 0 Å². The number of para-hydroxylation sites is 1. The number of benzene rings is 8. The van der Waals surface area contributed by atoms with Crippen molar-refractivity contribution in [3.05, 3.63) is 219 Å². The minimum Gasteiger partial charge on any atom is -0.456 e. The summed E-state index contributed by atoms with van der Waals surface area (Å²) in [5, 5.41) is 6.48. The van der Waals surface area contributed by atoms with Crippen LogP contribution in [0.1, 0.15) is 16.7 Å². The Morgan fingerprint density at radius 2 is 1.17 bits per heavy atom. The van der Waals surface area contributed by atoms with E-state index in [9.17, 15) is 0 Å². The molecule has 10 aromatic rings. The first-order chi connectivity index (χ1) is 29.1. The van der Waals surface area contributed by atoms with Gasteiger partial charge in [-0.1, -0.05) is 148 Å². The fourth-order valence-corrected chi connectivity index (χ4v) is 8.51. The largest absolute Gasteiger partial charge is 0.456 e. The Labute approximate surface area is 343 Å². The average molecular weight is 758 g/mol. The van der Waals surface area contributed by atoms with Crippen molar-refractivity contribution in [2.45, 2.75) is 0 Å². The first kappa shape index (κ1) is 35.5. The molecule has 0 radical (unpaired) electrons. The van der Waals surface area contributed by atoms with E-state index in [1.807, 2.05) is 42.5 Å². The van der Waals surface area contributed by atoms with Crippen LogP contribution in [0.25, 0.3) is 94.6 Å². The number of furan rings is 2. The predicted octanol–water partition coefficient (Wildman–Crippen LogP) is 16.5. The third-order valence-corrected chi connectivity index (χ3v) is 11.4. The molecule has 3 nitrogen and oxygen atoms in total. The molecule has 0 amide bonds. The lowest BCUT2D eigenvalue weighted by molar-refractivity contribution is 0.668. The van der Waals surface area contributed by atoms with Crippen molar-refractivity contribution in [2.24, 2.45) is 0 Å². The van der Waals surface area contributed by atoms with Gasteiger partial charge in [0, 0.05) is 39.2 Å².